The third-order valence-electron chi connectivity index (χ3n) is 4.49. The number of carboxylic acid groups (broad SMARTS) is 1. The highest BCUT2D eigenvalue weighted by atomic mass is 32.2. The second kappa shape index (κ2) is 5.71. The predicted octanol–water partition coefficient (Wildman–Crippen LogP) is 0.410. The number of carbonyl (C=O) groups excluding carboxylic acids is 1. The van der Waals surface area contributed by atoms with E-state index in [1.165, 1.54) is 19.1 Å². The molecule has 0 spiro atoms. The molecule has 7 nitrogen and oxygen atoms in total. The van der Waals surface area contributed by atoms with Crippen molar-refractivity contribution < 1.29 is 28.2 Å². The van der Waals surface area contributed by atoms with Crippen LogP contribution in [0, 0.1) is 5.92 Å². The van der Waals surface area contributed by atoms with Crippen molar-refractivity contribution in [3.8, 4) is 0 Å². The van der Waals surface area contributed by atoms with E-state index in [2.05, 4.69) is 0 Å². The Hall–Kier alpha value is -2.19. The number of hydrogen-bond acceptors (Lipinski definition) is 5. The molecule has 1 aromatic carbocycles. The maximum atomic E-state index is 12.5. The van der Waals surface area contributed by atoms with Crippen molar-refractivity contribution in [1.29, 1.82) is 0 Å². The second-order valence-corrected chi connectivity index (χ2v) is 8.07. The van der Waals surface area contributed by atoms with Gasteiger partial charge in [-0.25, -0.2) is 13.2 Å². The lowest BCUT2D eigenvalue weighted by Gasteiger charge is -2.44. The summed E-state index contributed by atoms with van der Waals surface area (Å²) in [5.74, 6) is -2.94. The van der Waals surface area contributed by atoms with Gasteiger partial charge in [-0.3, -0.25) is 4.79 Å². The van der Waals surface area contributed by atoms with E-state index in [1.54, 1.807) is 18.2 Å². The Morgan fingerprint density at radius 1 is 1.33 bits per heavy atom. The average molecular weight is 351 g/mol. The van der Waals surface area contributed by atoms with E-state index >= 15 is 0 Å². The van der Waals surface area contributed by atoms with Crippen LogP contribution in [0.4, 0.5) is 0 Å². The first-order valence-corrected chi connectivity index (χ1v) is 9.13. The van der Waals surface area contributed by atoms with Crippen LogP contribution in [0.3, 0.4) is 0 Å². The number of aliphatic hydroxyl groups excluding tert-OH is 1. The van der Waals surface area contributed by atoms with Crippen molar-refractivity contribution in [2.75, 3.05) is 5.75 Å². The summed E-state index contributed by atoms with van der Waals surface area (Å²) >= 11 is 0. The number of nitrogens with zero attached hydrogens (tertiary/aromatic N) is 1. The standard InChI is InChI=1S/C16H17NO6S/c1-9(18)13-12-7-10(14(16(20)21)17(12)15(13)19)8-24(22,23)11-5-3-2-4-6-11/h2-6,9,12-13,18H,7-8H2,1H3,(H,20,21)/t9-,12-,13+/m1/s1. The summed E-state index contributed by atoms with van der Waals surface area (Å²) in [6.07, 6.45) is -0.756. The van der Waals surface area contributed by atoms with E-state index in [0.717, 1.165) is 4.90 Å². The van der Waals surface area contributed by atoms with Gasteiger partial charge in [0.25, 0.3) is 0 Å². The minimum absolute atomic E-state index is 0.106. The maximum Gasteiger partial charge on any atom is 0.352 e. The van der Waals surface area contributed by atoms with Crippen molar-refractivity contribution in [3.05, 3.63) is 41.6 Å². The van der Waals surface area contributed by atoms with Crippen LogP contribution in [0.15, 0.2) is 46.5 Å². The van der Waals surface area contributed by atoms with Crippen LogP contribution in [0.5, 0.6) is 0 Å². The number of benzene rings is 1. The fourth-order valence-corrected chi connectivity index (χ4v) is 4.88. The molecule has 8 heteroatoms. The van der Waals surface area contributed by atoms with Gasteiger partial charge >= 0.3 is 5.97 Å². The normalized spacial score (nSPS) is 24.6. The molecule has 0 aliphatic carbocycles. The van der Waals surface area contributed by atoms with Crippen LogP contribution >= 0.6 is 0 Å². The monoisotopic (exact) mass is 351 g/mol. The molecule has 0 unspecified atom stereocenters. The Morgan fingerprint density at radius 2 is 1.96 bits per heavy atom. The highest BCUT2D eigenvalue weighted by molar-refractivity contribution is 7.91. The molecule has 0 saturated carbocycles. The zero-order chi connectivity index (χ0) is 17.6. The molecule has 2 aliphatic heterocycles. The quantitative estimate of drug-likeness (QED) is 0.743. The molecule has 3 atom stereocenters. The zero-order valence-electron chi connectivity index (χ0n) is 12.9. The van der Waals surface area contributed by atoms with E-state index in [1.807, 2.05) is 0 Å². The number of rotatable bonds is 5. The van der Waals surface area contributed by atoms with E-state index in [9.17, 15) is 28.2 Å². The molecule has 1 aromatic rings. The number of fused-ring (bicyclic) bond motifs is 1. The number of sulfone groups is 1. The van der Waals surface area contributed by atoms with Gasteiger partial charge in [-0.1, -0.05) is 18.2 Å². The van der Waals surface area contributed by atoms with E-state index in [0.29, 0.717) is 0 Å². The zero-order valence-corrected chi connectivity index (χ0v) is 13.7. The van der Waals surface area contributed by atoms with Crippen LogP contribution in [-0.4, -0.2) is 53.3 Å². The van der Waals surface area contributed by atoms with Crippen molar-refractivity contribution in [2.24, 2.45) is 5.92 Å². The molecule has 1 amide bonds. The van der Waals surface area contributed by atoms with Crippen molar-refractivity contribution >= 4 is 21.7 Å². The highest BCUT2D eigenvalue weighted by Gasteiger charge is 2.56. The Balaban J connectivity index is 1.93. The second-order valence-electron chi connectivity index (χ2n) is 6.08. The SMILES string of the molecule is C[C@@H](O)[C@@H]1C(=O)N2C(C(=O)O)=C(CS(=O)(=O)c3ccccc3)C[C@H]12. The van der Waals surface area contributed by atoms with Crippen LogP contribution in [-0.2, 0) is 19.4 Å². The first-order chi connectivity index (χ1) is 11.2. The Labute approximate surface area is 139 Å². The highest BCUT2D eigenvalue weighted by Crippen LogP contribution is 2.44. The van der Waals surface area contributed by atoms with Gasteiger partial charge in [-0.2, -0.15) is 0 Å². The van der Waals surface area contributed by atoms with Crippen LogP contribution < -0.4 is 0 Å². The van der Waals surface area contributed by atoms with Crippen LogP contribution in [0.25, 0.3) is 0 Å². The van der Waals surface area contributed by atoms with Gasteiger partial charge in [0.15, 0.2) is 9.84 Å². The van der Waals surface area contributed by atoms with Crippen molar-refractivity contribution in [3.63, 3.8) is 0 Å². The van der Waals surface area contributed by atoms with Gasteiger partial charge < -0.3 is 15.1 Å². The largest absolute Gasteiger partial charge is 0.477 e. The minimum atomic E-state index is -3.71. The molecule has 0 aromatic heterocycles. The summed E-state index contributed by atoms with van der Waals surface area (Å²) in [4.78, 5) is 24.8. The van der Waals surface area contributed by atoms with Gasteiger partial charge in [0, 0.05) is 0 Å². The summed E-state index contributed by atoms with van der Waals surface area (Å²) in [6, 6.07) is 7.29. The third kappa shape index (κ3) is 2.51. The summed E-state index contributed by atoms with van der Waals surface area (Å²) in [5.41, 5.74) is -0.0609. The molecule has 128 valence electrons. The lowest BCUT2D eigenvalue weighted by Crippen LogP contribution is -2.61. The van der Waals surface area contributed by atoms with Gasteiger partial charge in [-0.15, -0.1) is 0 Å². The number of aliphatic hydroxyl groups is 1. The molecule has 1 saturated heterocycles. The molecule has 2 heterocycles. The van der Waals surface area contributed by atoms with Crippen molar-refractivity contribution in [1.82, 2.24) is 4.90 Å². The lowest BCUT2D eigenvalue weighted by molar-refractivity contribution is -0.161. The molecule has 3 rings (SSSR count). The number of carboxylic acids is 1. The number of β-lactam (4-membered cyclic amide) rings is 1. The molecule has 24 heavy (non-hydrogen) atoms. The third-order valence-corrected chi connectivity index (χ3v) is 6.21. The molecular weight excluding hydrogens is 334 g/mol. The summed E-state index contributed by atoms with van der Waals surface area (Å²) in [6.45, 7) is 1.47. The van der Waals surface area contributed by atoms with Crippen LogP contribution in [0.2, 0.25) is 0 Å². The number of carbonyl (C=O) groups is 2. The average Bonchev–Trinajstić information content (AvgIpc) is 2.81. The molecular formula is C16H17NO6S. The van der Waals surface area contributed by atoms with Crippen LogP contribution in [0.1, 0.15) is 13.3 Å². The van der Waals surface area contributed by atoms with E-state index < -0.39 is 45.5 Å². The fourth-order valence-electron chi connectivity index (χ4n) is 3.43. The molecule has 2 N–H and O–H groups in total. The number of amides is 1. The molecule has 1 fully saturated rings. The first-order valence-electron chi connectivity index (χ1n) is 7.48. The van der Waals surface area contributed by atoms with Gasteiger partial charge in [-0.05, 0) is 31.1 Å². The Morgan fingerprint density at radius 3 is 2.50 bits per heavy atom. The lowest BCUT2D eigenvalue weighted by atomic mass is 9.83. The van der Waals surface area contributed by atoms with Gasteiger partial charge in [0.1, 0.15) is 5.70 Å². The molecule has 0 radical (unpaired) electrons. The molecule has 0 bridgehead atoms. The van der Waals surface area contributed by atoms with Gasteiger partial charge in [0.05, 0.1) is 28.7 Å². The number of hydrogen-bond donors (Lipinski definition) is 2. The van der Waals surface area contributed by atoms with Crippen molar-refractivity contribution in [2.45, 2.75) is 30.4 Å². The Kier molecular flexibility index (Phi) is 3.97. The first kappa shape index (κ1) is 16.7. The van der Waals surface area contributed by atoms with E-state index in [4.69, 9.17) is 0 Å². The smallest absolute Gasteiger partial charge is 0.352 e. The minimum Gasteiger partial charge on any atom is -0.477 e. The Bertz CT molecular complexity index is 827. The summed E-state index contributed by atoms with van der Waals surface area (Å²) < 4.78 is 25.0. The number of aliphatic carboxylic acids is 1. The van der Waals surface area contributed by atoms with Gasteiger partial charge in [0.2, 0.25) is 5.91 Å². The maximum absolute atomic E-state index is 12.5. The topological polar surface area (TPSA) is 112 Å². The summed E-state index contributed by atoms with van der Waals surface area (Å²) in [5, 5.41) is 19.1. The summed E-state index contributed by atoms with van der Waals surface area (Å²) in [7, 11) is -3.71. The van der Waals surface area contributed by atoms with E-state index in [-0.39, 0.29) is 22.6 Å². The predicted molar refractivity (Wildman–Crippen MR) is 83.6 cm³/mol. The molecule has 2 aliphatic rings. The fraction of sp³-hybridized carbons (Fsp3) is 0.375.